The number of carbonyl (C=O) groups excluding carboxylic acids is 2. The first-order chi connectivity index (χ1) is 15.5. The van der Waals surface area contributed by atoms with Crippen LogP contribution in [0.15, 0.2) is 59.1 Å². The summed E-state index contributed by atoms with van der Waals surface area (Å²) in [5.41, 5.74) is 11.4. The zero-order chi connectivity index (χ0) is 22.8. The lowest BCUT2D eigenvalue weighted by Gasteiger charge is -2.07. The van der Waals surface area contributed by atoms with Gasteiger partial charge in [-0.05, 0) is 36.0 Å². The largest absolute Gasteiger partial charge is 0.447 e. The zero-order valence-corrected chi connectivity index (χ0v) is 17.8. The van der Waals surface area contributed by atoms with Gasteiger partial charge in [0.1, 0.15) is 0 Å². The summed E-state index contributed by atoms with van der Waals surface area (Å²) in [6.45, 7) is 1.35. The molecule has 0 fully saturated rings. The fourth-order valence-corrected chi connectivity index (χ4v) is 3.02. The summed E-state index contributed by atoms with van der Waals surface area (Å²) in [6.07, 6.45) is 1.62. The lowest BCUT2D eigenvalue weighted by Crippen LogP contribution is -2.26. The maximum atomic E-state index is 11.2. The van der Waals surface area contributed by atoms with Crippen molar-refractivity contribution in [3.63, 3.8) is 0 Å². The number of carbonyl (C=O) groups is 2. The molecule has 168 valence electrons. The number of nitrogens with two attached hydrogens (primary N) is 1. The average Bonchev–Trinajstić information content (AvgIpc) is 3.27. The first kappa shape index (κ1) is 23.0. The molecule has 0 aliphatic rings. The monoisotopic (exact) mass is 438 g/mol. The molecule has 1 amide bonds. The molecule has 2 aromatic carbocycles. The van der Waals surface area contributed by atoms with Crippen LogP contribution in [0.5, 0.6) is 0 Å². The summed E-state index contributed by atoms with van der Waals surface area (Å²) in [6, 6.07) is 18.0. The van der Waals surface area contributed by atoms with E-state index in [0.29, 0.717) is 37.4 Å². The normalized spacial score (nSPS) is 11.6. The Labute approximate surface area is 185 Å². The minimum Gasteiger partial charge on any atom is -0.447 e. The van der Waals surface area contributed by atoms with E-state index in [1.54, 1.807) is 0 Å². The molecule has 0 radical (unpaired) electrons. The molecule has 3 rings (SSSR count). The fourth-order valence-electron chi connectivity index (χ4n) is 3.02. The fraction of sp³-hybridized carbons (Fsp3) is 0.304. The van der Waals surface area contributed by atoms with Crippen LogP contribution >= 0.6 is 0 Å². The minimum absolute atomic E-state index is 0.174. The molecule has 3 N–H and O–H groups in total. The number of rotatable bonds is 9. The van der Waals surface area contributed by atoms with Gasteiger partial charge in [-0.1, -0.05) is 59.8 Å². The number of nitrogens with zero attached hydrogens (tertiary/aromatic N) is 2. The second-order valence-corrected chi connectivity index (χ2v) is 7.22. The molecular formula is C23H26N4O5. The Balaban J connectivity index is 1.40. The number of hydrogen-bond acceptors (Lipinski definition) is 8. The summed E-state index contributed by atoms with van der Waals surface area (Å²) >= 11 is 0. The van der Waals surface area contributed by atoms with Gasteiger partial charge in [-0.2, -0.15) is 4.98 Å². The second kappa shape index (κ2) is 11.6. The number of ether oxygens (including phenoxy) is 1. The van der Waals surface area contributed by atoms with Crippen molar-refractivity contribution in [3.05, 3.63) is 71.9 Å². The van der Waals surface area contributed by atoms with Crippen molar-refractivity contribution in [3.8, 4) is 11.1 Å². The molecular weight excluding hydrogens is 412 g/mol. The molecule has 0 bridgehead atoms. The van der Waals surface area contributed by atoms with Crippen molar-refractivity contribution in [1.29, 1.82) is 0 Å². The molecule has 1 heterocycles. The number of unbranched alkanes of at least 4 members (excludes halogenated alkanes) is 1. The Hall–Kier alpha value is -3.72. The van der Waals surface area contributed by atoms with Crippen LogP contribution in [0.3, 0.4) is 0 Å². The number of amides is 1. The molecule has 1 aromatic heterocycles. The summed E-state index contributed by atoms with van der Waals surface area (Å²) in [7, 11) is 0. The Morgan fingerprint density at radius 1 is 1.06 bits per heavy atom. The number of nitrogens with one attached hydrogen (secondary N) is 1. The average molecular weight is 438 g/mol. The van der Waals surface area contributed by atoms with Crippen LogP contribution in [0.2, 0.25) is 0 Å². The highest BCUT2D eigenvalue weighted by molar-refractivity contribution is 5.71. The van der Waals surface area contributed by atoms with Gasteiger partial charge in [-0.15, -0.1) is 5.48 Å². The van der Waals surface area contributed by atoms with E-state index in [0.717, 1.165) is 11.1 Å². The molecule has 1 unspecified atom stereocenters. The standard InChI is InChI=1S/C23H26N4O5/c1-16(28)31-27-23(29)30-14-6-5-9-20(24)22-25-21(26-32-22)15-17-10-12-19(13-11-17)18-7-3-2-4-8-18/h2-4,7-8,10-13,20H,5-6,9,14-15,24H2,1H3,(H,27,29). The Kier molecular flexibility index (Phi) is 8.33. The van der Waals surface area contributed by atoms with E-state index in [1.165, 1.54) is 12.5 Å². The van der Waals surface area contributed by atoms with E-state index in [4.69, 9.17) is 15.0 Å². The van der Waals surface area contributed by atoms with Crippen molar-refractivity contribution < 1.29 is 23.7 Å². The summed E-state index contributed by atoms with van der Waals surface area (Å²) < 4.78 is 10.2. The summed E-state index contributed by atoms with van der Waals surface area (Å²) in [5.74, 6) is 0.332. The zero-order valence-electron chi connectivity index (χ0n) is 17.8. The summed E-state index contributed by atoms with van der Waals surface area (Å²) in [5, 5.41) is 4.03. The van der Waals surface area contributed by atoms with Crippen molar-refractivity contribution in [1.82, 2.24) is 15.6 Å². The van der Waals surface area contributed by atoms with Crippen molar-refractivity contribution in [2.45, 2.75) is 38.6 Å². The maximum Gasteiger partial charge on any atom is 0.440 e. The van der Waals surface area contributed by atoms with Crippen LogP contribution < -0.4 is 11.2 Å². The SMILES string of the molecule is CC(=O)ONC(=O)OCCCCC(N)c1nc(Cc2ccc(-c3ccccc3)cc2)no1. The van der Waals surface area contributed by atoms with Crippen molar-refractivity contribution in [2.24, 2.45) is 5.73 Å². The topological polar surface area (TPSA) is 130 Å². The third kappa shape index (κ3) is 7.21. The van der Waals surface area contributed by atoms with E-state index < -0.39 is 18.1 Å². The predicted molar refractivity (Wildman–Crippen MR) is 116 cm³/mol. The van der Waals surface area contributed by atoms with E-state index in [2.05, 4.69) is 51.4 Å². The van der Waals surface area contributed by atoms with Crippen LogP contribution in [0, 0.1) is 0 Å². The van der Waals surface area contributed by atoms with E-state index in [9.17, 15) is 9.59 Å². The smallest absolute Gasteiger partial charge is 0.440 e. The molecule has 0 aliphatic carbocycles. The van der Waals surface area contributed by atoms with Gasteiger partial charge < -0.3 is 19.8 Å². The van der Waals surface area contributed by atoms with Crippen molar-refractivity contribution in [2.75, 3.05) is 6.61 Å². The molecule has 9 nitrogen and oxygen atoms in total. The van der Waals surface area contributed by atoms with E-state index in [-0.39, 0.29) is 6.61 Å². The lowest BCUT2D eigenvalue weighted by molar-refractivity contribution is -0.147. The molecule has 3 aromatic rings. The molecule has 0 saturated heterocycles. The third-order valence-electron chi connectivity index (χ3n) is 4.65. The quantitative estimate of drug-likeness (QED) is 0.382. The molecule has 0 saturated carbocycles. The van der Waals surface area contributed by atoms with Crippen LogP contribution in [0.1, 0.15) is 49.5 Å². The number of benzene rings is 2. The van der Waals surface area contributed by atoms with Gasteiger partial charge in [0.2, 0.25) is 5.89 Å². The van der Waals surface area contributed by atoms with Gasteiger partial charge in [-0.3, -0.25) is 4.79 Å². The Morgan fingerprint density at radius 3 is 2.50 bits per heavy atom. The van der Waals surface area contributed by atoms with Crippen LogP contribution in [-0.4, -0.2) is 28.8 Å². The molecule has 0 aliphatic heterocycles. The highest BCUT2D eigenvalue weighted by atomic mass is 16.7. The van der Waals surface area contributed by atoms with E-state index in [1.807, 2.05) is 23.7 Å². The van der Waals surface area contributed by atoms with Crippen LogP contribution in [0.25, 0.3) is 11.1 Å². The third-order valence-corrected chi connectivity index (χ3v) is 4.65. The molecule has 9 heteroatoms. The van der Waals surface area contributed by atoms with Gasteiger partial charge in [0.25, 0.3) is 0 Å². The van der Waals surface area contributed by atoms with Gasteiger partial charge >= 0.3 is 12.1 Å². The maximum absolute atomic E-state index is 11.2. The Bertz CT molecular complexity index is 1000. The summed E-state index contributed by atoms with van der Waals surface area (Å²) in [4.78, 5) is 30.5. The second-order valence-electron chi connectivity index (χ2n) is 7.22. The van der Waals surface area contributed by atoms with E-state index >= 15 is 0 Å². The highest BCUT2D eigenvalue weighted by Gasteiger charge is 2.15. The Morgan fingerprint density at radius 2 is 1.78 bits per heavy atom. The van der Waals surface area contributed by atoms with Gasteiger partial charge in [-0.25, -0.2) is 4.79 Å². The molecule has 1 atom stereocenters. The van der Waals surface area contributed by atoms with Gasteiger partial charge in [0.15, 0.2) is 5.82 Å². The number of hydrogen-bond donors (Lipinski definition) is 2. The first-order valence-corrected chi connectivity index (χ1v) is 10.3. The predicted octanol–water partition coefficient (Wildman–Crippen LogP) is 3.70. The molecule has 32 heavy (non-hydrogen) atoms. The number of hydroxylamine groups is 1. The minimum atomic E-state index is -0.817. The van der Waals surface area contributed by atoms with Crippen LogP contribution in [-0.2, 0) is 20.8 Å². The lowest BCUT2D eigenvalue weighted by atomic mass is 10.0. The number of aromatic nitrogens is 2. The van der Waals surface area contributed by atoms with Crippen LogP contribution in [0.4, 0.5) is 4.79 Å². The van der Waals surface area contributed by atoms with Gasteiger partial charge in [0, 0.05) is 13.3 Å². The first-order valence-electron chi connectivity index (χ1n) is 10.3. The highest BCUT2D eigenvalue weighted by Crippen LogP contribution is 2.21. The molecule has 0 spiro atoms. The van der Waals surface area contributed by atoms with Gasteiger partial charge in [0.05, 0.1) is 12.6 Å². The van der Waals surface area contributed by atoms with Crippen molar-refractivity contribution >= 4 is 12.1 Å².